The van der Waals surface area contributed by atoms with Gasteiger partial charge in [0.25, 0.3) is 0 Å². The number of hydrogen-bond donors (Lipinski definition) is 1. The first-order valence-corrected chi connectivity index (χ1v) is 5.56. The highest BCUT2D eigenvalue weighted by molar-refractivity contribution is 9.10. The molecule has 1 nitrogen and oxygen atoms in total. The molecule has 14 heavy (non-hydrogen) atoms. The molecule has 0 radical (unpaired) electrons. The second kappa shape index (κ2) is 4.89. The molecule has 1 aromatic rings. The van der Waals surface area contributed by atoms with Gasteiger partial charge >= 0.3 is 0 Å². The van der Waals surface area contributed by atoms with E-state index in [1.54, 1.807) is 12.1 Å². The number of hydrogen-bond acceptors (Lipinski definition) is 1. The van der Waals surface area contributed by atoms with Crippen LogP contribution in [0.3, 0.4) is 0 Å². The average Bonchev–Trinajstić information content (AvgIpc) is 2.19. The normalized spacial score (nSPS) is 15.2. The fraction of sp³-hybridized carbons (Fsp3) is 0.455. The smallest absolute Gasteiger partial charge is 0.126 e. The van der Waals surface area contributed by atoms with Crippen LogP contribution in [0.1, 0.15) is 31.7 Å². The van der Waals surface area contributed by atoms with Crippen LogP contribution in [-0.2, 0) is 0 Å². The summed E-state index contributed by atoms with van der Waals surface area (Å²) in [7, 11) is 0. The lowest BCUT2D eigenvalue weighted by Crippen LogP contribution is -2.26. The van der Waals surface area contributed by atoms with Crippen LogP contribution < -0.4 is 5.73 Å². The van der Waals surface area contributed by atoms with Gasteiger partial charge in [-0.1, -0.05) is 29.8 Å². The molecule has 0 saturated carbocycles. The average molecular weight is 260 g/mol. The number of rotatable bonds is 3. The lowest BCUT2D eigenvalue weighted by atomic mass is 9.92. The van der Waals surface area contributed by atoms with Crippen LogP contribution in [0.4, 0.5) is 4.39 Å². The van der Waals surface area contributed by atoms with Crippen LogP contribution in [0.2, 0.25) is 0 Å². The second-order valence-electron chi connectivity index (χ2n) is 3.53. The first kappa shape index (κ1) is 11.7. The Morgan fingerprint density at radius 1 is 1.50 bits per heavy atom. The van der Waals surface area contributed by atoms with Gasteiger partial charge in [0.15, 0.2) is 0 Å². The van der Waals surface area contributed by atoms with E-state index in [1.807, 2.05) is 13.8 Å². The summed E-state index contributed by atoms with van der Waals surface area (Å²) in [6, 6.07) is 4.98. The summed E-state index contributed by atoms with van der Waals surface area (Å²) in [6.45, 7) is 3.97. The Hall–Kier alpha value is -0.410. The maximum absolute atomic E-state index is 13.4. The van der Waals surface area contributed by atoms with Crippen molar-refractivity contribution in [2.75, 3.05) is 0 Å². The highest BCUT2D eigenvalue weighted by atomic mass is 79.9. The molecule has 2 unspecified atom stereocenters. The Kier molecular flexibility index (Phi) is 4.08. The Morgan fingerprint density at radius 2 is 2.14 bits per heavy atom. The third kappa shape index (κ3) is 2.55. The third-order valence-electron chi connectivity index (χ3n) is 2.56. The summed E-state index contributed by atoms with van der Waals surface area (Å²) in [5.41, 5.74) is 6.57. The highest BCUT2D eigenvalue weighted by Crippen LogP contribution is 2.25. The zero-order valence-electron chi connectivity index (χ0n) is 8.43. The fourth-order valence-electron chi connectivity index (χ4n) is 1.45. The van der Waals surface area contributed by atoms with Crippen LogP contribution in [0.15, 0.2) is 22.7 Å². The quantitative estimate of drug-likeness (QED) is 0.885. The van der Waals surface area contributed by atoms with E-state index in [0.717, 1.165) is 10.9 Å². The second-order valence-corrected chi connectivity index (χ2v) is 4.44. The minimum atomic E-state index is -0.176. The number of benzene rings is 1. The molecule has 1 rings (SSSR count). The van der Waals surface area contributed by atoms with Gasteiger partial charge in [0.1, 0.15) is 5.82 Å². The molecule has 0 aromatic heterocycles. The Labute approximate surface area is 92.6 Å². The highest BCUT2D eigenvalue weighted by Gasteiger charge is 2.16. The van der Waals surface area contributed by atoms with E-state index in [1.165, 1.54) is 6.07 Å². The van der Waals surface area contributed by atoms with Crippen molar-refractivity contribution in [1.29, 1.82) is 0 Å². The van der Waals surface area contributed by atoms with Crippen molar-refractivity contribution >= 4 is 15.9 Å². The van der Waals surface area contributed by atoms with Gasteiger partial charge in [0.05, 0.1) is 0 Å². The van der Waals surface area contributed by atoms with Crippen molar-refractivity contribution in [3.05, 3.63) is 34.1 Å². The zero-order valence-corrected chi connectivity index (χ0v) is 10.0. The molecule has 0 spiro atoms. The molecule has 0 bridgehead atoms. The van der Waals surface area contributed by atoms with Crippen molar-refractivity contribution in [1.82, 2.24) is 0 Å². The summed E-state index contributed by atoms with van der Waals surface area (Å²) in [4.78, 5) is 0. The SMILES string of the molecule is CCC(N)C(C)c1cc(Br)ccc1F. The van der Waals surface area contributed by atoms with Crippen molar-refractivity contribution in [2.24, 2.45) is 5.73 Å². The summed E-state index contributed by atoms with van der Waals surface area (Å²) in [6.07, 6.45) is 0.854. The Balaban J connectivity index is 2.99. The molecule has 2 atom stereocenters. The van der Waals surface area contributed by atoms with E-state index in [0.29, 0.717) is 5.56 Å². The topological polar surface area (TPSA) is 26.0 Å². The van der Waals surface area contributed by atoms with E-state index < -0.39 is 0 Å². The molecule has 78 valence electrons. The first-order valence-electron chi connectivity index (χ1n) is 4.76. The summed E-state index contributed by atoms with van der Waals surface area (Å²) >= 11 is 3.33. The lowest BCUT2D eigenvalue weighted by molar-refractivity contribution is 0.516. The summed E-state index contributed by atoms with van der Waals surface area (Å²) < 4.78 is 14.3. The van der Waals surface area contributed by atoms with Crippen LogP contribution in [0.25, 0.3) is 0 Å². The third-order valence-corrected chi connectivity index (χ3v) is 3.06. The van der Waals surface area contributed by atoms with E-state index >= 15 is 0 Å². The molecule has 0 aliphatic rings. The van der Waals surface area contributed by atoms with Gasteiger partial charge in [-0.25, -0.2) is 4.39 Å². The molecule has 0 saturated heterocycles. The summed E-state index contributed by atoms with van der Waals surface area (Å²) in [5.74, 6) is -0.123. The Bertz CT molecular complexity index is 314. The maximum atomic E-state index is 13.4. The molecule has 0 heterocycles. The molecule has 0 amide bonds. The molecular weight excluding hydrogens is 245 g/mol. The fourth-order valence-corrected chi connectivity index (χ4v) is 1.83. The van der Waals surface area contributed by atoms with E-state index in [4.69, 9.17) is 5.73 Å². The van der Waals surface area contributed by atoms with Crippen molar-refractivity contribution in [2.45, 2.75) is 32.2 Å². The van der Waals surface area contributed by atoms with Gasteiger partial charge in [-0.3, -0.25) is 0 Å². The van der Waals surface area contributed by atoms with E-state index in [2.05, 4.69) is 15.9 Å². The largest absolute Gasteiger partial charge is 0.327 e. The van der Waals surface area contributed by atoms with Gasteiger partial charge in [-0.2, -0.15) is 0 Å². The zero-order chi connectivity index (χ0) is 10.7. The number of nitrogens with two attached hydrogens (primary N) is 1. The monoisotopic (exact) mass is 259 g/mol. The van der Waals surface area contributed by atoms with E-state index in [9.17, 15) is 4.39 Å². The van der Waals surface area contributed by atoms with Gasteiger partial charge < -0.3 is 5.73 Å². The van der Waals surface area contributed by atoms with Crippen LogP contribution in [0.5, 0.6) is 0 Å². The minimum absolute atomic E-state index is 0.0128. The molecule has 3 heteroatoms. The molecule has 0 aliphatic carbocycles. The number of halogens is 2. The predicted octanol–water partition coefficient (Wildman–Crippen LogP) is 3.43. The molecule has 2 N–H and O–H groups in total. The van der Waals surface area contributed by atoms with Crippen LogP contribution in [-0.4, -0.2) is 6.04 Å². The van der Waals surface area contributed by atoms with Crippen LogP contribution >= 0.6 is 15.9 Å². The van der Waals surface area contributed by atoms with Crippen molar-refractivity contribution in [3.63, 3.8) is 0 Å². The molecule has 0 fully saturated rings. The summed E-state index contributed by atoms with van der Waals surface area (Å²) in [5, 5.41) is 0. The first-order chi connectivity index (χ1) is 6.56. The molecule has 1 aromatic carbocycles. The van der Waals surface area contributed by atoms with E-state index in [-0.39, 0.29) is 17.8 Å². The van der Waals surface area contributed by atoms with Crippen molar-refractivity contribution < 1.29 is 4.39 Å². The van der Waals surface area contributed by atoms with Gasteiger partial charge in [0.2, 0.25) is 0 Å². The predicted molar refractivity (Wildman–Crippen MR) is 60.8 cm³/mol. The molecular formula is C11H15BrFN. The lowest BCUT2D eigenvalue weighted by Gasteiger charge is -2.19. The standard InChI is InChI=1S/C11H15BrFN/c1-3-11(14)7(2)9-6-8(12)4-5-10(9)13/h4-7,11H,3,14H2,1-2H3. The van der Waals surface area contributed by atoms with Crippen molar-refractivity contribution in [3.8, 4) is 0 Å². The molecule has 0 aliphatic heterocycles. The minimum Gasteiger partial charge on any atom is -0.327 e. The maximum Gasteiger partial charge on any atom is 0.126 e. The van der Waals surface area contributed by atoms with Gasteiger partial charge in [0, 0.05) is 10.5 Å². The Morgan fingerprint density at radius 3 is 2.71 bits per heavy atom. The van der Waals surface area contributed by atoms with Gasteiger partial charge in [-0.15, -0.1) is 0 Å². The van der Waals surface area contributed by atoms with Gasteiger partial charge in [-0.05, 0) is 36.1 Å². The van der Waals surface area contributed by atoms with Crippen LogP contribution in [0, 0.1) is 5.82 Å².